The van der Waals surface area contributed by atoms with Crippen molar-refractivity contribution in [3.05, 3.63) is 33.8 Å². The molecule has 1 aromatic rings. The Kier molecular flexibility index (Phi) is 6.30. The Labute approximate surface area is 142 Å². The molecule has 22 heavy (non-hydrogen) atoms. The molecule has 0 saturated carbocycles. The molecule has 0 spiro atoms. The molecule has 0 unspecified atom stereocenters. The first-order chi connectivity index (χ1) is 10.3. The van der Waals surface area contributed by atoms with E-state index in [9.17, 15) is 13.2 Å². The Balaban J connectivity index is 2.08. The van der Waals surface area contributed by atoms with Crippen molar-refractivity contribution in [1.82, 2.24) is 10.0 Å². The van der Waals surface area contributed by atoms with E-state index in [4.69, 9.17) is 23.2 Å². The van der Waals surface area contributed by atoms with Crippen LogP contribution in [0.4, 0.5) is 13.2 Å². The standard InChI is InChI=1S/C14H17Cl2F3N2S/c15-11-3-2-10(8-12(11)16)13(4-1-6-20-9-13)5-7-21-22-14(17,18)19/h2-3,8,20-21H,1,4-7,9H2/t13-/m1/s1. The molecule has 1 aliphatic rings. The van der Waals surface area contributed by atoms with E-state index in [0.717, 1.165) is 31.5 Å². The Bertz CT molecular complexity index is 505. The Morgan fingerprint density at radius 3 is 2.64 bits per heavy atom. The van der Waals surface area contributed by atoms with Crippen LogP contribution in [-0.4, -0.2) is 25.1 Å². The third-order valence-electron chi connectivity index (χ3n) is 3.90. The average Bonchev–Trinajstić information content (AvgIpc) is 2.46. The third kappa shape index (κ3) is 4.93. The minimum absolute atomic E-state index is 0.196. The van der Waals surface area contributed by atoms with Gasteiger partial charge >= 0.3 is 5.51 Å². The van der Waals surface area contributed by atoms with Crippen molar-refractivity contribution in [1.29, 1.82) is 0 Å². The highest BCUT2D eigenvalue weighted by Gasteiger charge is 2.35. The lowest BCUT2D eigenvalue weighted by molar-refractivity contribution is -0.0336. The van der Waals surface area contributed by atoms with Crippen molar-refractivity contribution in [3.8, 4) is 0 Å². The molecule has 124 valence electrons. The van der Waals surface area contributed by atoms with Crippen LogP contribution in [0.5, 0.6) is 0 Å². The SMILES string of the molecule is FC(F)(F)SNCC[C@]1(c2ccc(Cl)c(Cl)c2)CCCNC1. The number of hydrogen-bond donors (Lipinski definition) is 2. The van der Waals surface area contributed by atoms with Crippen LogP contribution in [-0.2, 0) is 5.41 Å². The van der Waals surface area contributed by atoms with Crippen molar-refractivity contribution in [2.75, 3.05) is 19.6 Å². The van der Waals surface area contributed by atoms with Gasteiger partial charge in [0.25, 0.3) is 0 Å². The highest BCUT2D eigenvalue weighted by molar-refractivity contribution is 7.98. The van der Waals surface area contributed by atoms with Gasteiger partial charge in [0.1, 0.15) is 0 Å². The van der Waals surface area contributed by atoms with E-state index >= 15 is 0 Å². The quantitative estimate of drug-likeness (QED) is 0.575. The number of hydrogen-bond acceptors (Lipinski definition) is 3. The maximum atomic E-state index is 12.2. The molecule has 2 rings (SSSR count). The van der Waals surface area contributed by atoms with E-state index in [0.29, 0.717) is 16.5 Å². The minimum atomic E-state index is -4.26. The fraction of sp³-hybridized carbons (Fsp3) is 0.571. The van der Waals surface area contributed by atoms with Gasteiger partial charge in [-0.3, -0.25) is 4.72 Å². The molecule has 2 N–H and O–H groups in total. The second-order valence-electron chi connectivity index (χ2n) is 5.38. The van der Waals surface area contributed by atoms with Gasteiger partial charge in [-0.15, -0.1) is 0 Å². The van der Waals surface area contributed by atoms with Crippen LogP contribution in [0, 0.1) is 0 Å². The number of rotatable bonds is 5. The zero-order chi connectivity index (χ0) is 16.2. The van der Waals surface area contributed by atoms with Gasteiger partial charge in [0.15, 0.2) is 0 Å². The summed E-state index contributed by atoms with van der Waals surface area (Å²) in [6.45, 7) is 1.92. The molecule has 0 aromatic heterocycles. The molecule has 0 amide bonds. The Morgan fingerprint density at radius 1 is 1.27 bits per heavy atom. The molecule has 1 saturated heterocycles. The van der Waals surface area contributed by atoms with Gasteiger partial charge < -0.3 is 5.32 Å². The topological polar surface area (TPSA) is 24.1 Å². The summed E-state index contributed by atoms with van der Waals surface area (Å²) >= 11 is 11.9. The average molecular weight is 373 g/mol. The molecule has 2 nitrogen and oxygen atoms in total. The van der Waals surface area contributed by atoms with Crippen molar-refractivity contribution >= 4 is 35.1 Å². The summed E-state index contributed by atoms with van der Waals surface area (Å²) in [6, 6.07) is 5.49. The second kappa shape index (κ2) is 7.62. The largest absolute Gasteiger partial charge is 0.456 e. The molecule has 8 heteroatoms. The first-order valence-corrected chi connectivity index (χ1v) is 8.53. The molecule has 1 atom stereocenters. The first-order valence-electron chi connectivity index (χ1n) is 6.96. The number of alkyl halides is 3. The fourth-order valence-electron chi connectivity index (χ4n) is 2.82. The van der Waals surface area contributed by atoms with Crippen LogP contribution < -0.4 is 10.0 Å². The van der Waals surface area contributed by atoms with E-state index in [1.54, 1.807) is 6.07 Å². The maximum absolute atomic E-state index is 12.2. The molecule has 1 heterocycles. The first kappa shape index (κ1) is 18.2. The van der Waals surface area contributed by atoms with E-state index in [1.807, 2.05) is 12.1 Å². The number of benzene rings is 1. The number of halogens is 5. The smallest absolute Gasteiger partial charge is 0.316 e. The molecule has 0 aliphatic carbocycles. The van der Waals surface area contributed by atoms with Gasteiger partial charge in [-0.25, -0.2) is 0 Å². The van der Waals surface area contributed by atoms with Gasteiger partial charge in [0.05, 0.1) is 10.0 Å². The highest BCUT2D eigenvalue weighted by Crippen LogP contribution is 2.37. The lowest BCUT2D eigenvalue weighted by Gasteiger charge is -2.38. The van der Waals surface area contributed by atoms with Crippen molar-refractivity contribution < 1.29 is 13.2 Å². The Morgan fingerprint density at radius 2 is 2.05 bits per heavy atom. The van der Waals surface area contributed by atoms with Crippen molar-refractivity contribution in [2.24, 2.45) is 0 Å². The highest BCUT2D eigenvalue weighted by atomic mass is 35.5. The lowest BCUT2D eigenvalue weighted by atomic mass is 9.72. The van der Waals surface area contributed by atoms with E-state index in [2.05, 4.69) is 10.0 Å². The van der Waals surface area contributed by atoms with Crippen LogP contribution >= 0.6 is 35.1 Å². The number of piperidine rings is 1. The van der Waals surface area contributed by atoms with Crippen LogP contribution in [0.15, 0.2) is 18.2 Å². The minimum Gasteiger partial charge on any atom is -0.316 e. The predicted octanol–water partition coefficient (Wildman–Crippen LogP) is 4.76. The predicted molar refractivity (Wildman–Crippen MR) is 86.5 cm³/mol. The van der Waals surface area contributed by atoms with E-state index < -0.39 is 5.51 Å². The molecule has 1 aliphatic heterocycles. The van der Waals surface area contributed by atoms with Crippen LogP contribution in [0.3, 0.4) is 0 Å². The molecule has 1 fully saturated rings. The third-order valence-corrected chi connectivity index (χ3v) is 5.22. The van der Waals surface area contributed by atoms with Gasteiger partial charge in [-0.1, -0.05) is 29.3 Å². The maximum Gasteiger partial charge on any atom is 0.456 e. The van der Waals surface area contributed by atoms with Crippen molar-refractivity contribution in [2.45, 2.75) is 30.2 Å². The molecule has 1 aromatic carbocycles. The Hall–Kier alpha value is -0.140. The summed E-state index contributed by atoms with van der Waals surface area (Å²) < 4.78 is 39.0. The molecular weight excluding hydrogens is 356 g/mol. The van der Waals surface area contributed by atoms with Gasteiger partial charge in [0.2, 0.25) is 0 Å². The monoisotopic (exact) mass is 372 g/mol. The zero-order valence-electron chi connectivity index (χ0n) is 11.8. The summed E-state index contributed by atoms with van der Waals surface area (Å²) in [4.78, 5) is 0. The zero-order valence-corrected chi connectivity index (χ0v) is 14.1. The summed E-state index contributed by atoms with van der Waals surface area (Å²) in [5, 5.41) is 4.29. The fourth-order valence-corrected chi connectivity index (χ4v) is 3.49. The number of nitrogens with one attached hydrogen (secondary N) is 2. The van der Waals surface area contributed by atoms with Gasteiger partial charge in [-0.2, -0.15) is 13.2 Å². The summed E-state index contributed by atoms with van der Waals surface area (Å²) in [5.74, 6) is 0. The second-order valence-corrected chi connectivity index (χ2v) is 7.15. The summed E-state index contributed by atoms with van der Waals surface area (Å²) in [7, 11) is 0. The summed E-state index contributed by atoms with van der Waals surface area (Å²) in [6.07, 6.45) is 2.49. The van der Waals surface area contributed by atoms with Gasteiger partial charge in [-0.05, 0) is 43.5 Å². The van der Waals surface area contributed by atoms with Gasteiger partial charge in [0, 0.05) is 30.5 Å². The molecule has 0 radical (unpaired) electrons. The van der Waals surface area contributed by atoms with Crippen molar-refractivity contribution in [3.63, 3.8) is 0 Å². The normalized spacial score (nSPS) is 22.8. The van der Waals surface area contributed by atoms with Crippen LogP contribution in [0.25, 0.3) is 0 Å². The summed E-state index contributed by atoms with van der Waals surface area (Å²) in [5.41, 5.74) is -3.46. The molecular formula is C14H17Cl2F3N2S. The van der Waals surface area contributed by atoms with E-state index in [-0.39, 0.29) is 23.9 Å². The van der Waals surface area contributed by atoms with Crippen LogP contribution in [0.1, 0.15) is 24.8 Å². The molecule has 0 bridgehead atoms. The lowest BCUT2D eigenvalue weighted by Crippen LogP contribution is -2.44. The van der Waals surface area contributed by atoms with Crippen LogP contribution in [0.2, 0.25) is 10.0 Å². The van der Waals surface area contributed by atoms with E-state index in [1.165, 1.54) is 0 Å².